The molecule has 0 spiro atoms. The van der Waals surface area contributed by atoms with Gasteiger partial charge in [-0.25, -0.2) is 4.98 Å². The lowest BCUT2D eigenvalue weighted by molar-refractivity contribution is 0.415. The number of aromatic nitrogens is 2. The lowest BCUT2D eigenvalue weighted by atomic mass is 10.1. The van der Waals surface area contributed by atoms with Crippen molar-refractivity contribution in [3.8, 4) is 5.75 Å². The minimum absolute atomic E-state index is 0.0871. The molecular weight excluding hydrogens is 320 g/mol. The van der Waals surface area contributed by atoms with Gasteiger partial charge in [0.25, 0.3) is 5.56 Å². The van der Waals surface area contributed by atoms with Gasteiger partial charge in [0.1, 0.15) is 16.4 Å². The fraction of sp³-hybridized carbons (Fsp3) is 0.263. The Labute approximate surface area is 144 Å². The van der Waals surface area contributed by atoms with Gasteiger partial charge >= 0.3 is 0 Å². The molecule has 4 rings (SSSR count). The largest absolute Gasteiger partial charge is 0.497 e. The summed E-state index contributed by atoms with van der Waals surface area (Å²) in [4.78, 5) is 19.6. The Bertz CT molecular complexity index is 997. The van der Waals surface area contributed by atoms with Gasteiger partial charge in [0, 0.05) is 11.4 Å². The van der Waals surface area contributed by atoms with Gasteiger partial charge in [-0.05, 0) is 48.3 Å². The van der Waals surface area contributed by atoms with Crippen molar-refractivity contribution in [3.63, 3.8) is 0 Å². The summed E-state index contributed by atoms with van der Waals surface area (Å²) in [5.74, 6) is 1.65. The van der Waals surface area contributed by atoms with Crippen LogP contribution in [-0.2, 0) is 13.0 Å². The van der Waals surface area contributed by atoms with E-state index in [0.717, 1.165) is 45.8 Å². The van der Waals surface area contributed by atoms with Crippen LogP contribution in [0.25, 0.3) is 21.9 Å². The van der Waals surface area contributed by atoms with Gasteiger partial charge in [0.05, 0.1) is 12.5 Å². The van der Waals surface area contributed by atoms with Gasteiger partial charge in [-0.1, -0.05) is 19.1 Å². The maximum absolute atomic E-state index is 12.7. The van der Waals surface area contributed by atoms with Crippen molar-refractivity contribution in [1.82, 2.24) is 9.55 Å². The highest BCUT2D eigenvalue weighted by molar-refractivity contribution is 7.18. The highest BCUT2D eigenvalue weighted by Gasteiger charge is 2.21. The Hall–Kier alpha value is -2.40. The highest BCUT2D eigenvalue weighted by Crippen LogP contribution is 2.30. The second-order valence-corrected chi connectivity index (χ2v) is 6.99. The smallest absolute Gasteiger partial charge is 0.262 e. The summed E-state index contributed by atoms with van der Waals surface area (Å²) in [6.07, 6.45) is 3.89. The molecule has 0 saturated heterocycles. The third-order valence-electron chi connectivity index (χ3n) is 4.40. The lowest BCUT2D eigenvalue weighted by Gasteiger charge is -2.03. The SMILES string of the molecule is CCc1cc2c(=O)n3c(nc2s1)/C(=C/c1ccc(OC)cc1)CC3. The third kappa shape index (κ3) is 2.45. The minimum Gasteiger partial charge on any atom is -0.497 e. The first-order valence-corrected chi connectivity index (χ1v) is 8.89. The molecule has 0 N–H and O–H groups in total. The molecule has 1 aliphatic heterocycles. The van der Waals surface area contributed by atoms with Gasteiger partial charge < -0.3 is 4.74 Å². The molecule has 122 valence electrons. The topological polar surface area (TPSA) is 44.1 Å². The normalized spacial score (nSPS) is 15.2. The summed E-state index contributed by atoms with van der Waals surface area (Å²) >= 11 is 1.62. The molecule has 1 aliphatic rings. The van der Waals surface area contributed by atoms with Crippen LogP contribution in [0.2, 0.25) is 0 Å². The second-order valence-electron chi connectivity index (χ2n) is 5.87. The molecule has 0 atom stereocenters. The van der Waals surface area contributed by atoms with Crippen LogP contribution in [-0.4, -0.2) is 16.7 Å². The van der Waals surface area contributed by atoms with Crippen LogP contribution < -0.4 is 10.3 Å². The van der Waals surface area contributed by atoms with E-state index in [1.807, 2.05) is 34.9 Å². The molecule has 3 aromatic rings. The van der Waals surface area contributed by atoms with E-state index in [9.17, 15) is 4.79 Å². The first-order valence-electron chi connectivity index (χ1n) is 8.08. The van der Waals surface area contributed by atoms with Crippen molar-refractivity contribution in [2.75, 3.05) is 7.11 Å². The average molecular weight is 338 g/mol. The first kappa shape index (κ1) is 15.1. The molecule has 24 heavy (non-hydrogen) atoms. The molecule has 0 amide bonds. The standard InChI is InChI=1S/C19H18N2O2S/c1-3-15-11-16-18(24-15)20-17-13(8-9-21(17)19(16)22)10-12-4-6-14(23-2)7-5-12/h4-7,10-11H,3,8-9H2,1-2H3/b13-10+. The van der Waals surface area contributed by atoms with Crippen molar-refractivity contribution in [2.24, 2.45) is 0 Å². The zero-order chi connectivity index (χ0) is 16.7. The number of nitrogens with zero attached hydrogens (tertiary/aromatic N) is 2. The fourth-order valence-electron chi connectivity index (χ4n) is 3.07. The van der Waals surface area contributed by atoms with Crippen molar-refractivity contribution < 1.29 is 4.74 Å². The Kier molecular flexibility index (Phi) is 3.73. The molecule has 0 aliphatic carbocycles. The second kappa shape index (κ2) is 5.91. The molecule has 0 fully saturated rings. The van der Waals surface area contributed by atoms with E-state index < -0.39 is 0 Å². The van der Waals surface area contributed by atoms with Gasteiger partial charge in [-0.15, -0.1) is 11.3 Å². The molecule has 1 aromatic carbocycles. The minimum atomic E-state index is 0.0871. The van der Waals surface area contributed by atoms with Gasteiger partial charge in [0.2, 0.25) is 0 Å². The van der Waals surface area contributed by atoms with Crippen LogP contribution in [0.4, 0.5) is 0 Å². The van der Waals surface area contributed by atoms with Crippen molar-refractivity contribution >= 4 is 33.2 Å². The summed E-state index contributed by atoms with van der Waals surface area (Å²) in [6.45, 7) is 2.81. The van der Waals surface area contributed by atoms with Crippen molar-refractivity contribution in [3.05, 3.63) is 57.0 Å². The molecule has 4 nitrogen and oxygen atoms in total. The van der Waals surface area contributed by atoms with Gasteiger partial charge in [-0.3, -0.25) is 9.36 Å². The van der Waals surface area contributed by atoms with E-state index in [1.54, 1.807) is 18.4 Å². The Morgan fingerprint density at radius 3 is 2.83 bits per heavy atom. The number of fused-ring (bicyclic) bond motifs is 2. The molecule has 2 aromatic heterocycles. The maximum Gasteiger partial charge on any atom is 0.262 e. The van der Waals surface area contributed by atoms with Crippen molar-refractivity contribution in [2.45, 2.75) is 26.3 Å². The molecule has 5 heteroatoms. The number of hydrogen-bond donors (Lipinski definition) is 0. The van der Waals surface area contributed by atoms with Gasteiger partial charge in [-0.2, -0.15) is 0 Å². The quantitative estimate of drug-likeness (QED) is 0.726. The van der Waals surface area contributed by atoms with Crippen LogP contribution in [0, 0.1) is 0 Å². The maximum atomic E-state index is 12.7. The fourth-order valence-corrected chi connectivity index (χ4v) is 4.03. The first-order chi connectivity index (χ1) is 11.7. The molecule has 0 radical (unpaired) electrons. The van der Waals surface area contributed by atoms with E-state index in [1.165, 1.54) is 4.88 Å². The number of allylic oxidation sites excluding steroid dienone is 1. The van der Waals surface area contributed by atoms with Crippen LogP contribution in [0.15, 0.2) is 35.1 Å². The Morgan fingerprint density at radius 2 is 2.12 bits per heavy atom. The number of thiophene rings is 1. The number of benzene rings is 1. The number of ether oxygens (including phenoxy) is 1. The highest BCUT2D eigenvalue weighted by atomic mass is 32.1. The molecule has 0 saturated carbocycles. The van der Waals surface area contributed by atoms with E-state index in [2.05, 4.69) is 13.0 Å². The van der Waals surface area contributed by atoms with E-state index in [-0.39, 0.29) is 5.56 Å². The molecule has 0 unspecified atom stereocenters. The summed E-state index contributed by atoms with van der Waals surface area (Å²) in [5, 5.41) is 0.756. The summed E-state index contributed by atoms with van der Waals surface area (Å²) < 4.78 is 7.00. The summed E-state index contributed by atoms with van der Waals surface area (Å²) in [5.41, 5.74) is 2.30. The Balaban J connectivity index is 1.81. The summed E-state index contributed by atoms with van der Waals surface area (Å²) in [7, 11) is 1.66. The van der Waals surface area contributed by atoms with Crippen LogP contribution in [0.5, 0.6) is 5.75 Å². The van der Waals surface area contributed by atoms with Crippen LogP contribution in [0.3, 0.4) is 0 Å². The predicted octanol–water partition coefficient (Wildman–Crippen LogP) is 3.97. The lowest BCUT2D eigenvalue weighted by Crippen LogP contribution is -2.19. The number of aryl methyl sites for hydroxylation is 1. The number of methoxy groups -OCH3 is 1. The third-order valence-corrected chi connectivity index (χ3v) is 5.57. The average Bonchev–Trinajstić information content (AvgIpc) is 3.21. The molecular formula is C19H18N2O2S. The Morgan fingerprint density at radius 1 is 1.33 bits per heavy atom. The van der Waals surface area contributed by atoms with Crippen LogP contribution >= 0.6 is 11.3 Å². The van der Waals surface area contributed by atoms with E-state index in [4.69, 9.17) is 9.72 Å². The van der Waals surface area contributed by atoms with E-state index >= 15 is 0 Å². The summed E-state index contributed by atoms with van der Waals surface area (Å²) in [6, 6.07) is 9.92. The zero-order valence-electron chi connectivity index (χ0n) is 13.7. The number of hydrogen-bond acceptors (Lipinski definition) is 4. The number of rotatable bonds is 3. The monoisotopic (exact) mass is 338 g/mol. The van der Waals surface area contributed by atoms with Gasteiger partial charge in [0.15, 0.2) is 0 Å². The van der Waals surface area contributed by atoms with Crippen molar-refractivity contribution in [1.29, 1.82) is 0 Å². The molecule has 3 heterocycles. The predicted molar refractivity (Wildman–Crippen MR) is 98.7 cm³/mol. The van der Waals surface area contributed by atoms with Crippen LogP contribution in [0.1, 0.15) is 29.6 Å². The molecule has 0 bridgehead atoms. The zero-order valence-corrected chi connectivity index (χ0v) is 14.5. The van der Waals surface area contributed by atoms with E-state index in [0.29, 0.717) is 6.54 Å².